The zero-order valence-electron chi connectivity index (χ0n) is 9.97. The molecule has 8 heteroatoms. The molecule has 0 spiro atoms. The average molecular weight is 268 g/mol. The summed E-state index contributed by atoms with van der Waals surface area (Å²) in [5.74, 6) is -1.70. The number of hydrogen-bond acceptors (Lipinski definition) is 2. The van der Waals surface area contributed by atoms with Crippen LogP contribution in [-0.4, -0.2) is 34.9 Å². The van der Waals surface area contributed by atoms with Crippen LogP contribution in [0.2, 0.25) is 0 Å². The van der Waals surface area contributed by atoms with Gasteiger partial charge in [-0.25, -0.2) is 9.59 Å². The predicted octanol–water partition coefficient (Wildman–Crippen LogP) is 1.49. The van der Waals surface area contributed by atoms with Crippen molar-refractivity contribution in [3.8, 4) is 0 Å². The van der Waals surface area contributed by atoms with Gasteiger partial charge in [0.2, 0.25) is 0 Å². The van der Waals surface area contributed by atoms with Gasteiger partial charge in [0, 0.05) is 0 Å². The highest BCUT2D eigenvalue weighted by Crippen LogP contribution is 2.48. The van der Waals surface area contributed by atoms with Gasteiger partial charge in [-0.2, -0.15) is 13.2 Å². The lowest BCUT2D eigenvalue weighted by molar-refractivity contribution is -0.162. The number of carboxylic acids is 1. The van der Waals surface area contributed by atoms with Crippen LogP contribution in [0.25, 0.3) is 0 Å². The van der Waals surface area contributed by atoms with Crippen molar-refractivity contribution < 1.29 is 27.9 Å². The van der Waals surface area contributed by atoms with Crippen molar-refractivity contribution >= 4 is 12.0 Å². The minimum Gasteiger partial charge on any atom is -0.480 e. The third kappa shape index (κ3) is 3.05. The number of halogens is 3. The Morgan fingerprint density at radius 3 is 2.06 bits per heavy atom. The first-order valence-electron chi connectivity index (χ1n) is 5.47. The lowest BCUT2D eigenvalue weighted by Crippen LogP contribution is -2.55. The normalized spacial score (nSPS) is 19.2. The van der Waals surface area contributed by atoms with Gasteiger partial charge in [0.1, 0.15) is 11.6 Å². The van der Waals surface area contributed by atoms with E-state index in [1.54, 1.807) is 13.8 Å². The second-order valence-electron chi connectivity index (χ2n) is 4.74. The molecule has 0 bridgehead atoms. The van der Waals surface area contributed by atoms with Crippen LogP contribution in [0.5, 0.6) is 0 Å². The van der Waals surface area contributed by atoms with E-state index in [2.05, 4.69) is 0 Å². The fourth-order valence-corrected chi connectivity index (χ4v) is 1.51. The van der Waals surface area contributed by atoms with Gasteiger partial charge in [0.05, 0.1) is 0 Å². The van der Waals surface area contributed by atoms with Crippen LogP contribution in [0.3, 0.4) is 0 Å². The van der Waals surface area contributed by atoms with Gasteiger partial charge in [-0.3, -0.25) is 0 Å². The fraction of sp³-hybridized carbons (Fsp3) is 0.800. The Morgan fingerprint density at radius 2 is 1.78 bits per heavy atom. The van der Waals surface area contributed by atoms with Gasteiger partial charge in [0.15, 0.2) is 0 Å². The van der Waals surface area contributed by atoms with Crippen LogP contribution in [0, 0.1) is 5.92 Å². The fourth-order valence-electron chi connectivity index (χ4n) is 1.51. The molecule has 2 amide bonds. The number of amides is 2. The monoisotopic (exact) mass is 268 g/mol. The molecule has 1 saturated carbocycles. The maximum atomic E-state index is 12.6. The first-order chi connectivity index (χ1) is 8.09. The van der Waals surface area contributed by atoms with E-state index in [0.29, 0.717) is 0 Å². The topological polar surface area (TPSA) is 78.4 Å². The standard InChI is InChI=1S/C10H15F3N2O3/c1-5(2)6(7(16)17)14-8(18)15-9(3-4-9)10(11,12)13/h5-6H,3-4H2,1-2H3,(H,16,17)(H2,14,15,18)/t6-/m0/s1. The molecule has 0 aliphatic heterocycles. The first-order valence-corrected chi connectivity index (χ1v) is 5.47. The SMILES string of the molecule is CC(C)[C@H](NC(=O)NC1(C(F)(F)F)CC1)C(=O)O. The highest BCUT2D eigenvalue weighted by Gasteiger charge is 2.64. The molecular weight excluding hydrogens is 253 g/mol. The Kier molecular flexibility index (Phi) is 3.78. The van der Waals surface area contributed by atoms with Gasteiger partial charge < -0.3 is 15.7 Å². The molecule has 0 aromatic heterocycles. The van der Waals surface area contributed by atoms with E-state index in [4.69, 9.17) is 5.11 Å². The molecular formula is C10H15F3N2O3. The van der Waals surface area contributed by atoms with Crippen LogP contribution in [0.1, 0.15) is 26.7 Å². The molecule has 0 unspecified atom stereocenters. The molecule has 1 rings (SSSR count). The lowest BCUT2D eigenvalue weighted by atomic mass is 10.1. The summed E-state index contributed by atoms with van der Waals surface area (Å²) in [4.78, 5) is 22.2. The van der Waals surface area contributed by atoms with Crippen molar-refractivity contribution in [2.24, 2.45) is 5.92 Å². The zero-order valence-corrected chi connectivity index (χ0v) is 9.97. The maximum Gasteiger partial charge on any atom is 0.411 e. The summed E-state index contributed by atoms with van der Waals surface area (Å²) in [5, 5.41) is 12.6. The zero-order chi connectivity index (χ0) is 14.1. The van der Waals surface area contributed by atoms with Crippen LogP contribution < -0.4 is 10.6 Å². The van der Waals surface area contributed by atoms with Crippen molar-refractivity contribution in [1.29, 1.82) is 0 Å². The van der Waals surface area contributed by atoms with Crippen molar-refractivity contribution in [3.05, 3.63) is 0 Å². The smallest absolute Gasteiger partial charge is 0.411 e. The Bertz CT molecular complexity index is 351. The number of hydrogen-bond donors (Lipinski definition) is 3. The van der Waals surface area contributed by atoms with E-state index in [1.807, 2.05) is 10.6 Å². The van der Waals surface area contributed by atoms with Crippen molar-refractivity contribution in [3.63, 3.8) is 0 Å². The summed E-state index contributed by atoms with van der Waals surface area (Å²) in [7, 11) is 0. The second-order valence-corrected chi connectivity index (χ2v) is 4.74. The van der Waals surface area contributed by atoms with Gasteiger partial charge in [-0.05, 0) is 18.8 Å². The Labute approximate surface area is 102 Å². The van der Waals surface area contributed by atoms with E-state index in [-0.39, 0.29) is 12.8 Å². The number of urea groups is 1. The molecule has 1 fully saturated rings. The van der Waals surface area contributed by atoms with Crippen LogP contribution in [0.15, 0.2) is 0 Å². The largest absolute Gasteiger partial charge is 0.480 e. The number of carboxylic acid groups (broad SMARTS) is 1. The van der Waals surface area contributed by atoms with E-state index >= 15 is 0 Å². The first kappa shape index (κ1) is 14.6. The lowest BCUT2D eigenvalue weighted by Gasteiger charge is -2.23. The quantitative estimate of drug-likeness (QED) is 0.722. The number of aliphatic carboxylic acids is 1. The highest BCUT2D eigenvalue weighted by atomic mass is 19.4. The van der Waals surface area contributed by atoms with Crippen LogP contribution in [0.4, 0.5) is 18.0 Å². The molecule has 0 radical (unpaired) electrons. The molecule has 0 aromatic rings. The molecule has 0 aromatic carbocycles. The number of carbonyl (C=O) groups is 2. The molecule has 0 saturated heterocycles. The van der Waals surface area contributed by atoms with E-state index < -0.39 is 35.7 Å². The number of rotatable bonds is 4. The minimum absolute atomic E-state index is 0.177. The third-order valence-electron chi connectivity index (χ3n) is 2.86. The molecule has 5 nitrogen and oxygen atoms in total. The summed E-state index contributed by atoms with van der Waals surface area (Å²) < 4.78 is 37.7. The van der Waals surface area contributed by atoms with Gasteiger partial charge in [-0.1, -0.05) is 13.8 Å². The Hall–Kier alpha value is -1.47. The van der Waals surface area contributed by atoms with Gasteiger partial charge >= 0.3 is 18.2 Å². The minimum atomic E-state index is -4.51. The average Bonchev–Trinajstić information content (AvgIpc) is 2.93. The van der Waals surface area contributed by atoms with E-state index in [0.717, 1.165) is 0 Å². The number of carbonyl (C=O) groups excluding carboxylic acids is 1. The molecule has 18 heavy (non-hydrogen) atoms. The van der Waals surface area contributed by atoms with Gasteiger partial charge in [-0.15, -0.1) is 0 Å². The maximum absolute atomic E-state index is 12.6. The van der Waals surface area contributed by atoms with Gasteiger partial charge in [0.25, 0.3) is 0 Å². The molecule has 1 aliphatic rings. The summed E-state index contributed by atoms with van der Waals surface area (Å²) in [6.45, 7) is 3.10. The summed E-state index contributed by atoms with van der Waals surface area (Å²) in [6, 6.07) is -2.32. The predicted molar refractivity (Wildman–Crippen MR) is 55.9 cm³/mol. The highest BCUT2D eigenvalue weighted by molar-refractivity contribution is 5.83. The Balaban J connectivity index is 2.60. The van der Waals surface area contributed by atoms with Crippen molar-refractivity contribution in [1.82, 2.24) is 10.6 Å². The Morgan fingerprint density at radius 1 is 1.28 bits per heavy atom. The van der Waals surface area contributed by atoms with Crippen LogP contribution in [-0.2, 0) is 4.79 Å². The van der Waals surface area contributed by atoms with Crippen molar-refractivity contribution in [2.75, 3.05) is 0 Å². The van der Waals surface area contributed by atoms with Crippen molar-refractivity contribution in [2.45, 2.75) is 44.4 Å². The molecule has 104 valence electrons. The molecule has 1 aliphatic carbocycles. The van der Waals surface area contributed by atoms with Crippen LogP contribution >= 0.6 is 0 Å². The summed E-state index contributed by atoms with van der Waals surface area (Å²) >= 11 is 0. The summed E-state index contributed by atoms with van der Waals surface area (Å²) in [5.41, 5.74) is -2.18. The third-order valence-corrected chi connectivity index (χ3v) is 2.86. The second kappa shape index (κ2) is 4.66. The van der Waals surface area contributed by atoms with E-state index in [1.165, 1.54) is 0 Å². The molecule has 3 N–H and O–H groups in total. The molecule has 1 atom stereocenters. The number of alkyl halides is 3. The molecule has 0 heterocycles. The van der Waals surface area contributed by atoms with E-state index in [9.17, 15) is 22.8 Å². The summed E-state index contributed by atoms with van der Waals surface area (Å²) in [6.07, 6.45) is -4.87. The number of nitrogens with one attached hydrogen (secondary N) is 2.